The average Bonchev–Trinajstić information content (AvgIpc) is 3.48. The van der Waals surface area contributed by atoms with E-state index in [9.17, 15) is 13.2 Å². The van der Waals surface area contributed by atoms with Crippen LogP contribution in [0, 0.1) is 5.41 Å². The number of aromatic nitrogens is 3. The quantitative estimate of drug-likeness (QED) is 0.567. The van der Waals surface area contributed by atoms with Gasteiger partial charge in [0.1, 0.15) is 0 Å². The van der Waals surface area contributed by atoms with Gasteiger partial charge in [-0.3, -0.25) is 9.67 Å². The highest BCUT2D eigenvalue weighted by Gasteiger charge is 2.79. The highest BCUT2D eigenvalue weighted by Crippen LogP contribution is 2.79. The maximum absolute atomic E-state index is 13.6. The lowest BCUT2D eigenvalue weighted by Gasteiger charge is -2.70. The molecule has 1 saturated heterocycles. The topological polar surface area (TPSA) is 64.0 Å². The molecule has 8 rings (SSSR count). The number of hydrogen-bond acceptors (Lipinski definition) is 5. The first-order chi connectivity index (χ1) is 16.7. The molecule has 0 spiro atoms. The van der Waals surface area contributed by atoms with Gasteiger partial charge in [-0.15, -0.1) is 0 Å². The molecule has 5 fully saturated rings. The van der Waals surface area contributed by atoms with Crippen molar-refractivity contribution in [1.29, 1.82) is 0 Å². The van der Waals surface area contributed by atoms with Crippen LogP contribution >= 0.6 is 0 Å². The van der Waals surface area contributed by atoms with Crippen molar-refractivity contribution in [3.63, 3.8) is 0 Å². The van der Waals surface area contributed by atoms with Crippen molar-refractivity contribution < 1.29 is 17.9 Å². The Morgan fingerprint density at radius 3 is 2.54 bits per heavy atom. The zero-order valence-electron chi connectivity index (χ0n) is 20.2. The minimum Gasteiger partial charge on any atom is -0.379 e. The van der Waals surface area contributed by atoms with Gasteiger partial charge in [-0.2, -0.15) is 18.3 Å². The second-order valence-electron chi connectivity index (χ2n) is 11.8. The zero-order valence-corrected chi connectivity index (χ0v) is 20.2. The fourth-order valence-electron chi connectivity index (χ4n) is 6.84. The Bertz CT molecular complexity index is 1150. The first-order valence-electron chi connectivity index (χ1n) is 13.0. The molecule has 6 nitrogen and oxygen atoms in total. The normalized spacial score (nSPS) is 38.0. The lowest BCUT2D eigenvalue weighted by atomic mass is 9.33. The summed E-state index contributed by atoms with van der Waals surface area (Å²) in [6.45, 7) is 4.86. The number of fused-ring (bicyclic) bond motifs is 1. The highest BCUT2D eigenvalue weighted by molar-refractivity contribution is 5.77. The molecular weight excluding hydrogens is 455 g/mol. The molecule has 0 aromatic carbocycles. The van der Waals surface area contributed by atoms with Gasteiger partial charge < -0.3 is 15.4 Å². The van der Waals surface area contributed by atoms with E-state index in [0.29, 0.717) is 12.6 Å². The van der Waals surface area contributed by atoms with Crippen LogP contribution in [-0.2, 0) is 10.2 Å². The summed E-state index contributed by atoms with van der Waals surface area (Å²) in [5, 5.41) is 11.7. The van der Waals surface area contributed by atoms with Crippen molar-refractivity contribution in [2.75, 3.05) is 17.2 Å². The molecule has 0 amide bonds. The molecule has 2 bridgehead atoms. The first kappa shape index (κ1) is 21.9. The lowest BCUT2D eigenvalue weighted by Crippen LogP contribution is -2.70. The molecule has 188 valence electrons. The number of pyridine rings is 1. The fourth-order valence-corrected chi connectivity index (χ4v) is 6.84. The summed E-state index contributed by atoms with van der Waals surface area (Å²) < 4.78 is 49.0. The number of hydrogen-bond donors (Lipinski definition) is 2. The van der Waals surface area contributed by atoms with Gasteiger partial charge in [0.05, 0.1) is 40.8 Å². The van der Waals surface area contributed by atoms with E-state index in [1.165, 1.54) is 12.8 Å². The van der Waals surface area contributed by atoms with Crippen molar-refractivity contribution in [3.8, 4) is 0 Å². The van der Waals surface area contributed by atoms with Crippen molar-refractivity contribution in [1.82, 2.24) is 14.8 Å². The van der Waals surface area contributed by atoms with E-state index in [0.717, 1.165) is 41.2 Å². The molecule has 2 aliphatic heterocycles. The standard InChI is InChI=1S/C26H32F3N5O/c1-14-15(2)32-22-20(31-14)8-19(33-23(22)24-11-25(12-24,13-24)26(27,28)29)16-5-6-35-21(7-16)17-9-30-34(10-17)18-3-4-18/h8-10,14-16,18,21,31-32H,3-7,11-13H2,1-2H3/t14?,15?,16-,21+,24?,25?/m0/s1. The van der Waals surface area contributed by atoms with Crippen LogP contribution in [0.4, 0.5) is 24.5 Å². The van der Waals surface area contributed by atoms with E-state index >= 15 is 0 Å². The second-order valence-corrected chi connectivity index (χ2v) is 11.8. The molecule has 2 N–H and O–H groups in total. The molecule has 2 aromatic heterocycles. The molecule has 0 radical (unpaired) electrons. The number of nitrogens with zero attached hydrogens (tertiary/aromatic N) is 3. The Kier molecular flexibility index (Phi) is 4.48. The van der Waals surface area contributed by atoms with Crippen molar-refractivity contribution >= 4 is 11.4 Å². The molecule has 2 unspecified atom stereocenters. The molecular formula is C26H32F3N5O. The van der Waals surface area contributed by atoms with Crippen LogP contribution in [0.25, 0.3) is 0 Å². The Hall–Kier alpha value is -2.29. The molecule has 4 aliphatic carbocycles. The molecule has 6 aliphatic rings. The molecule has 9 heteroatoms. The first-order valence-corrected chi connectivity index (χ1v) is 13.0. The minimum absolute atomic E-state index is 0.0315. The molecule has 35 heavy (non-hydrogen) atoms. The van der Waals surface area contributed by atoms with Gasteiger partial charge in [-0.25, -0.2) is 0 Å². The average molecular weight is 488 g/mol. The summed E-state index contributed by atoms with van der Waals surface area (Å²) in [5.74, 6) is 0.197. The van der Waals surface area contributed by atoms with Crippen molar-refractivity contribution in [2.45, 2.75) is 101 Å². The lowest BCUT2D eigenvalue weighted by molar-refractivity contribution is -0.337. The van der Waals surface area contributed by atoms with Crippen LogP contribution in [0.15, 0.2) is 18.5 Å². The SMILES string of the molecule is CC1Nc2cc([C@H]3CCO[C@@H](c4cnn(C5CC5)c4)C3)nc(C34CC(C(F)(F)F)(C3)C4)c2NC1C. The van der Waals surface area contributed by atoms with Crippen LogP contribution in [0.5, 0.6) is 0 Å². The summed E-state index contributed by atoms with van der Waals surface area (Å²) >= 11 is 0. The van der Waals surface area contributed by atoms with Crippen LogP contribution in [0.1, 0.15) is 93.8 Å². The van der Waals surface area contributed by atoms with Gasteiger partial charge in [0.2, 0.25) is 0 Å². The van der Waals surface area contributed by atoms with Crippen LogP contribution in [-0.4, -0.2) is 39.6 Å². The second kappa shape index (κ2) is 7.14. The van der Waals surface area contributed by atoms with Gasteiger partial charge in [0.15, 0.2) is 0 Å². The Labute approximate surface area is 203 Å². The summed E-state index contributed by atoms with van der Waals surface area (Å²) in [6.07, 6.45) is 4.40. The van der Waals surface area contributed by atoms with Gasteiger partial charge in [-0.1, -0.05) is 0 Å². The Morgan fingerprint density at radius 2 is 1.83 bits per heavy atom. The highest BCUT2D eigenvalue weighted by atomic mass is 19.4. The maximum Gasteiger partial charge on any atom is 0.394 e. The number of alkyl halides is 3. The summed E-state index contributed by atoms with van der Waals surface area (Å²) in [7, 11) is 0. The van der Waals surface area contributed by atoms with E-state index in [2.05, 4.69) is 46.5 Å². The van der Waals surface area contributed by atoms with Gasteiger partial charge in [-0.05, 0) is 64.9 Å². The third-order valence-electron chi connectivity index (χ3n) is 9.29. The predicted octanol–water partition coefficient (Wildman–Crippen LogP) is 5.85. The molecule has 4 atom stereocenters. The van der Waals surface area contributed by atoms with E-state index in [1.54, 1.807) is 0 Å². The van der Waals surface area contributed by atoms with E-state index in [1.807, 2.05) is 6.20 Å². The van der Waals surface area contributed by atoms with Crippen molar-refractivity contribution in [3.05, 3.63) is 35.4 Å². The largest absolute Gasteiger partial charge is 0.394 e. The molecule has 2 aromatic rings. The fraction of sp³-hybridized carbons (Fsp3) is 0.692. The minimum atomic E-state index is -4.13. The third-order valence-corrected chi connectivity index (χ3v) is 9.29. The van der Waals surface area contributed by atoms with E-state index in [4.69, 9.17) is 9.72 Å². The smallest absolute Gasteiger partial charge is 0.379 e. The number of nitrogens with one attached hydrogen (secondary N) is 2. The molecule has 4 heterocycles. The van der Waals surface area contributed by atoms with Crippen LogP contribution in [0.3, 0.4) is 0 Å². The van der Waals surface area contributed by atoms with E-state index < -0.39 is 17.0 Å². The number of ether oxygens (including phenoxy) is 1. The van der Waals surface area contributed by atoms with Gasteiger partial charge in [0.25, 0.3) is 0 Å². The monoisotopic (exact) mass is 487 g/mol. The van der Waals surface area contributed by atoms with Gasteiger partial charge in [0, 0.05) is 47.5 Å². The Morgan fingerprint density at radius 1 is 1.09 bits per heavy atom. The third kappa shape index (κ3) is 3.26. The zero-order chi connectivity index (χ0) is 24.2. The number of halogens is 3. The summed E-state index contributed by atoms with van der Waals surface area (Å²) in [5.41, 5.74) is 2.85. The summed E-state index contributed by atoms with van der Waals surface area (Å²) in [4.78, 5) is 5.14. The summed E-state index contributed by atoms with van der Waals surface area (Å²) in [6, 6.07) is 3.05. The van der Waals surface area contributed by atoms with Gasteiger partial charge >= 0.3 is 6.18 Å². The van der Waals surface area contributed by atoms with Crippen LogP contribution in [0.2, 0.25) is 0 Å². The number of anilines is 2. The van der Waals surface area contributed by atoms with Crippen molar-refractivity contribution in [2.24, 2.45) is 5.41 Å². The molecule has 4 saturated carbocycles. The Balaban J connectivity index is 1.20. The van der Waals surface area contributed by atoms with E-state index in [-0.39, 0.29) is 43.4 Å². The van der Waals surface area contributed by atoms with Crippen LogP contribution < -0.4 is 10.6 Å². The number of rotatable bonds is 4. The maximum atomic E-state index is 13.6. The predicted molar refractivity (Wildman–Crippen MR) is 126 cm³/mol.